The molecule has 1 N–H and O–H groups in total. The Kier molecular flexibility index (Phi) is 5.17. The molecule has 3 heterocycles. The maximum absolute atomic E-state index is 12.7. The molecule has 0 radical (unpaired) electrons. The maximum atomic E-state index is 12.7. The summed E-state index contributed by atoms with van der Waals surface area (Å²) in [7, 11) is -3.40. The summed E-state index contributed by atoms with van der Waals surface area (Å²) in [5, 5.41) is 2.92. The first-order valence-corrected chi connectivity index (χ1v) is 10.4. The van der Waals surface area contributed by atoms with Crippen LogP contribution in [0.25, 0.3) is 0 Å². The number of fused-ring (bicyclic) bond motifs is 1. The van der Waals surface area contributed by atoms with Gasteiger partial charge in [0.15, 0.2) is 0 Å². The summed E-state index contributed by atoms with van der Waals surface area (Å²) in [6.07, 6.45) is 6.13. The number of amides is 2. The second-order valence-corrected chi connectivity index (χ2v) is 8.83. The van der Waals surface area contributed by atoms with Crippen molar-refractivity contribution in [3.05, 3.63) is 23.9 Å². The molecule has 0 spiro atoms. The fourth-order valence-electron chi connectivity index (χ4n) is 3.26. The summed E-state index contributed by atoms with van der Waals surface area (Å²) in [5.74, 6) is 0.189. The topological polar surface area (TPSA) is 99.1 Å². The zero-order chi connectivity index (χ0) is 18.9. The molecular weight excluding hydrogens is 356 g/mol. The molecule has 3 aliphatic heterocycles. The van der Waals surface area contributed by atoms with E-state index in [-0.39, 0.29) is 29.5 Å². The van der Waals surface area contributed by atoms with Gasteiger partial charge in [-0.15, -0.1) is 4.40 Å². The predicted octanol–water partition coefficient (Wildman–Crippen LogP) is 0.247. The highest BCUT2D eigenvalue weighted by Gasteiger charge is 2.30. The minimum atomic E-state index is -3.40. The third-order valence-electron chi connectivity index (χ3n) is 4.65. The first-order valence-electron chi connectivity index (χ1n) is 8.84. The van der Waals surface area contributed by atoms with E-state index in [0.29, 0.717) is 43.9 Å². The standard InChI is InChI=1S/C17H24N4O4S/c1-12(2)18-16(22)13-5-7-20(8-6-13)17(23)14-3-4-15-19-26(24,25)10-9-21(15)11-14/h3-4,11-13H,5-10H2,1-2H3,(H,18,22). The van der Waals surface area contributed by atoms with E-state index < -0.39 is 10.0 Å². The fourth-order valence-corrected chi connectivity index (χ4v) is 4.23. The van der Waals surface area contributed by atoms with Gasteiger partial charge in [-0.3, -0.25) is 9.59 Å². The van der Waals surface area contributed by atoms with Crippen LogP contribution in [0.3, 0.4) is 0 Å². The highest BCUT2D eigenvalue weighted by atomic mass is 32.2. The maximum Gasteiger partial charge on any atom is 0.256 e. The number of amidine groups is 1. The Hall–Kier alpha value is -2.16. The van der Waals surface area contributed by atoms with E-state index in [4.69, 9.17) is 0 Å². The molecule has 142 valence electrons. The van der Waals surface area contributed by atoms with Gasteiger partial charge in [-0.05, 0) is 38.8 Å². The molecule has 0 atom stereocenters. The number of piperidine rings is 1. The van der Waals surface area contributed by atoms with E-state index in [0.717, 1.165) is 0 Å². The van der Waals surface area contributed by atoms with Crippen molar-refractivity contribution in [3.8, 4) is 0 Å². The molecule has 8 nitrogen and oxygen atoms in total. The van der Waals surface area contributed by atoms with Gasteiger partial charge in [0.05, 0.1) is 11.3 Å². The molecule has 26 heavy (non-hydrogen) atoms. The van der Waals surface area contributed by atoms with Crippen LogP contribution < -0.4 is 5.32 Å². The van der Waals surface area contributed by atoms with Crippen molar-refractivity contribution >= 4 is 27.7 Å². The van der Waals surface area contributed by atoms with Gasteiger partial charge in [-0.2, -0.15) is 0 Å². The van der Waals surface area contributed by atoms with Gasteiger partial charge in [-0.1, -0.05) is 0 Å². The van der Waals surface area contributed by atoms with E-state index in [1.54, 1.807) is 28.2 Å². The number of carbonyl (C=O) groups is 2. The monoisotopic (exact) mass is 380 g/mol. The number of hydrogen-bond donors (Lipinski definition) is 1. The summed E-state index contributed by atoms with van der Waals surface area (Å²) in [5.41, 5.74) is 0.508. The Morgan fingerprint density at radius 1 is 1.19 bits per heavy atom. The van der Waals surface area contributed by atoms with Crippen molar-refractivity contribution in [3.63, 3.8) is 0 Å². The Bertz CT molecular complexity index is 790. The molecule has 3 aliphatic rings. The first-order chi connectivity index (χ1) is 12.2. The van der Waals surface area contributed by atoms with Gasteiger partial charge < -0.3 is 15.1 Å². The van der Waals surface area contributed by atoms with E-state index in [1.165, 1.54) is 0 Å². The molecule has 2 amide bonds. The summed E-state index contributed by atoms with van der Waals surface area (Å²) < 4.78 is 26.8. The van der Waals surface area contributed by atoms with Crippen molar-refractivity contribution < 1.29 is 18.0 Å². The minimum Gasteiger partial charge on any atom is -0.354 e. The van der Waals surface area contributed by atoms with E-state index in [1.807, 2.05) is 13.8 Å². The van der Waals surface area contributed by atoms with Crippen LogP contribution >= 0.6 is 0 Å². The number of carbonyl (C=O) groups excluding carboxylic acids is 2. The summed E-state index contributed by atoms with van der Waals surface area (Å²) in [6.45, 7) is 5.23. The number of hydrogen-bond acceptors (Lipinski definition) is 5. The second kappa shape index (κ2) is 7.22. The molecule has 0 unspecified atom stereocenters. The number of sulfonamides is 1. The number of likely N-dealkylation sites (tertiary alicyclic amines) is 1. The molecule has 0 aromatic heterocycles. The van der Waals surface area contributed by atoms with Crippen molar-refractivity contribution in [1.82, 2.24) is 15.1 Å². The van der Waals surface area contributed by atoms with Gasteiger partial charge in [0.2, 0.25) is 5.91 Å². The number of nitrogens with zero attached hydrogens (tertiary/aromatic N) is 3. The van der Waals surface area contributed by atoms with Crippen LogP contribution in [0.5, 0.6) is 0 Å². The molecule has 0 aromatic rings. The fraction of sp³-hybridized carbons (Fsp3) is 0.588. The van der Waals surface area contributed by atoms with Crippen LogP contribution in [-0.4, -0.2) is 67.3 Å². The van der Waals surface area contributed by atoms with Crippen molar-refractivity contribution in [2.45, 2.75) is 32.7 Å². The minimum absolute atomic E-state index is 0.0524. The zero-order valence-corrected chi connectivity index (χ0v) is 15.8. The molecule has 9 heteroatoms. The average molecular weight is 380 g/mol. The van der Waals surface area contributed by atoms with Crippen molar-refractivity contribution in [2.75, 3.05) is 25.4 Å². The Balaban J connectivity index is 1.61. The Morgan fingerprint density at radius 2 is 1.88 bits per heavy atom. The molecule has 1 fully saturated rings. The average Bonchev–Trinajstić information content (AvgIpc) is 2.59. The number of rotatable bonds is 3. The first kappa shape index (κ1) is 18.6. The van der Waals surface area contributed by atoms with Crippen LogP contribution in [0.15, 0.2) is 28.3 Å². The molecule has 0 aliphatic carbocycles. The predicted molar refractivity (Wildman–Crippen MR) is 97.7 cm³/mol. The Labute approximate surface area is 153 Å². The highest BCUT2D eigenvalue weighted by molar-refractivity contribution is 7.90. The van der Waals surface area contributed by atoms with Crippen LogP contribution in [0.2, 0.25) is 0 Å². The zero-order valence-electron chi connectivity index (χ0n) is 15.0. The summed E-state index contributed by atoms with van der Waals surface area (Å²) in [4.78, 5) is 28.3. The molecule has 0 bridgehead atoms. The second-order valence-electron chi connectivity index (χ2n) is 7.08. The SMILES string of the molecule is CC(C)NC(=O)C1CCN(C(=O)C2=CN3CCS(=O)(=O)N=C3C=C2)CC1. The third kappa shape index (κ3) is 4.14. The lowest BCUT2D eigenvalue weighted by Gasteiger charge is -2.33. The van der Waals surface area contributed by atoms with Gasteiger partial charge >= 0.3 is 0 Å². The summed E-state index contributed by atoms with van der Waals surface area (Å²) >= 11 is 0. The van der Waals surface area contributed by atoms with Crippen LogP contribution in [0, 0.1) is 5.92 Å². The smallest absolute Gasteiger partial charge is 0.256 e. The van der Waals surface area contributed by atoms with E-state index in [9.17, 15) is 18.0 Å². The van der Waals surface area contributed by atoms with Crippen molar-refractivity contribution in [1.29, 1.82) is 0 Å². The molecule has 0 saturated carbocycles. The van der Waals surface area contributed by atoms with Crippen LogP contribution in [0.1, 0.15) is 26.7 Å². The van der Waals surface area contributed by atoms with Crippen LogP contribution in [-0.2, 0) is 19.6 Å². The molecule has 1 saturated heterocycles. The third-order valence-corrected chi connectivity index (χ3v) is 5.82. The normalized spacial score (nSPS) is 22.6. The summed E-state index contributed by atoms with van der Waals surface area (Å²) in [6, 6.07) is 0.115. The van der Waals surface area contributed by atoms with Crippen LogP contribution in [0.4, 0.5) is 0 Å². The molecular formula is C17H24N4O4S. The van der Waals surface area contributed by atoms with Gasteiger partial charge in [0.25, 0.3) is 15.9 Å². The van der Waals surface area contributed by atoms with Gasteiger partial charge in [-0.25, -0.2) is 8.42 Å². The van der Waals surface area contributed by atoms with Crippen molar-refractivity contribution in [2.24, 2.45) is 10.3 Å². The lowest BCUT2D eigenvalue weighted by molar-refractivity contribution is -0.132. The Morgan fingerprint density at radius 3 is 2.54 bits per heavy atom. The van der Waals surface area contributed by atoms with Gasteiger partial charge in [0, 0.05) is 37.8 Å². The lowest BCUT2D eigenvalue weighted by atomic mass is 9.95. The highest BCUT2D eigenvalue weighted by Crippen LogP contribution is 2.22. The number of nitrogens with one attached hydrogen (secondary N) is 1. The molecule has 0 aromatic carbocycles. The van der Waals surface area contributed by atoms with E-state index >= 15 is 0 Å². The quantitative estimate of drug-likeness (QED) is 0.757. The lowest BCUT2D eigenvalue weighted by Crippen LogP contribution is -2.45. The van der Waals surface area contributed by atoms with E-state index in [2.05, 4.69) is 9.71 Å². The molecule has 3 rings (SSSR count). The largest absolute Gasteiger partial charge is 0.354 e. The van der Waals surface area contributed by atoms with Gasteiger partial charge in [0.1, 0.15) is 5.84 Å².